The summed E-state index contributed by atoms with van der Waals surface area (Å²) in [7, 11) is 1.20. The molecule has 1 saturated carbocycles. The lowest BCUT2D eigenvalue weighted by Crippen LogP contribution is -2.47. The fourth-order valence-corrected chi connectivity index (χ4v) is 8.08. The number of esters is 1. The van der Waals surface area contributed by atoms with E-state index in [1.165, 1.54) is 48.8 Å². The fourth-order valence-electron chi connectivity index (χ4n) is 5.52. The summed E-state index contributed by atoms with van der Waals surface area (Å²) in [6, 6.07) is 10.3. The van der Waals surface area contributed by atoms with Gasteiger partial charge in [0, 0.05) is 40.5 Å². The second-order valence-electron chi connectivity index (χ2n) is 11.0. The smallest absolute Gasteiger partial charge is 0.465 e. The molecule has 1 aliphatic carbocycles. The molecule has 0 amide bonds. The molecule has 2 fully saturated rings. The second-order valence-corrected chi connectivity index (χ2v) is 13.3. The Bertz CT molecular complexity index is 1680. The number of ether oxygens (including phenoxy) is 3. The highest BCUT2D eigenvalue weighted by molar-refractivity contribution is 14.1. The first-order chi connectivity index (χ1) is 21.5. The third kappa shape index (κ3) is 6.97. The number of hydrogen-bond acceptors (Lipinski definition) is 9. The molecule has 1 saturated heterocycles. The summed E-state index contributed by atoms with van der Waals surface area (Å²) in [5, 5.41) is 6.81. The number of anilines is 1. The molecule has 6 rings (SSSR count). The van der Waals surface area contributed by atoms with Gasteiger partial charge in [0.2, 0.25) is 0 Å². The molecule has 14 heteroatoms. The Morgan fingerprint density at radius 2 is 1.96 bits per heavy atom. The van der Waals surface area contributed by atoms with E-state index < -0.39 is 18.1 Å². The van der Waals surface area contributed by atoms with Gasteiger partial charge in [-0.15, -0.1) is 24.5 Å². The number of piperidine rings is 1. The molecule has 45 heavy (non-hydrogen) atoms. The molecule has 2 aliphatic rings. The summed E-state index contributed by atoms with van der Waals surface area (Å²) in [4.78, 5) is 18.7. The van der Waals surface area contributed by atoms with Crippen molar-refractivity contribution in [2.24, 2.45) is 0 Å². The average Bonchev–Trinajstić information content (AvgIpc) is 3.56. The number of carbonyl (C=O) groups is 1. The van der Waals surface area contributed by atoms with E-state index in [4.69, 9.17) is 14.2 Å². The quantitative estimate of drug-likeness (QED) is 0.0553. The lowest BCUT2D eigenvalue weighted by atomic mass is 10.0. The molecule has 0 radical (unpaired) electrons. The average molecular weight is 758 g/mol. The largest absolute Gasteiger partial charge is 0.573 e. The van der Waals surface area contributed by atoms with Crippen LogP contribution >= 0.6 is 33.9 Å². The number of benzene rings is 2. The number of aromatic nitrogens is 2. The van der Waals surface area contributed by atoms with Gasteiger partial charge in [0.15, 0.2) is 5.13 Å². The molecule has 0 bridgehead atoms. The van der Waals surface area contributed by atoms with Crippen molar-refractivity contribution in [3.63, 3.8) is 0 Å². The Kier molecular flexibility index (Phi) is 9.07. The minimum Gasteiger partial charge on any atom is -0.465 e. The van der Waals surface area contributed by atoms with Gasteiger partial charge >= 0.3 is 12.3 Å². The summed E-state index contributed by atoms with van der Waals surface area (Å²) in [5.74, 6) is -0.947. The number of halogens is 5. The van der Waals surface area contributed by atoms with E-state index in [2.05, 4.69) is 49.0 Å². The minimum absolute atomic E-state index is 0.0274. The molecule has 3 heterocycles. The lowest BCUT2D eigenvalue weighted by molar-refractivity contribution is -0.274. The zero-order chi connectivity index (χ0) is 31.9. The molecule has 0 spiro atoms. The summed E-state index contributed by atoms with van der Waals surface area (Å²) in [5.41, 5.74) is 2.14. The van der Waals surface area contributed by atoms with Crippen molar-refractivity contribution in [1.82, 2.24) is 10.1 Å². The van der Waals surface area contributed by atoms with Crippen molar-refractivity contribution in [1.29, 1.82) is 0 Å². The molecule has 1 aliphatic heterocycles. The van der Waals surface area contributed by atoms with Crippen LogP contribution in [0.2, 0.25) is 0 Å². The van der Waals surface area contributed by atoms with Gasteiger partial charge in [-0.2, -0.15) is 0 Å². The third-order valence-electron chi connectivity index (χ3n) is 7.82. The lowest BCUT2D eigenvalue weighted by Gasteiger charge is -2.41. The van der Waals surface area contributed by atoms with E-state index in [0.717, 1.165) is 18.0 Å². The first-order valence-corrected chi connectivity index (χ1v) is 16.4. The number of thiazole rings is 1. The minimum atomic E-state index is -4.85. The molecule has 2 aromatic carbocycles. The highest BCUT2D eigenvalue weighted by Crippen LogP contribution is 2.46. The van der Waals surface area contributed by atoms with E-state index >= 15 is 0 Å². The SMILES string of the molecule is COC(=O)c1ccc(-c2csc(N3[C@H](C)C[C@H](OCc4c(-c5ccccc5OC(F)(F)F)noc4C4CC4)C[C@H]3I)n2)cc1F. The number of hydrogen-bond donors (Lipinski definition) is 0. The van der Waals surface area contributed by atoms with Crippen LogP contribution in [0.5, 0.6) is 5.75 Å². The van der Waals surface area contributed by atoms with Gasteiger partial charge in [-0.25, -0.2) is 14.2 Å². The van der Waals surface area contributed by atoms with E-state index in [1.54, 1.807) is 12.1 Å². The zero-order valence-corrected chi connectivity index (χ0v) is 27.1. The second kappa shape index (κ2) is 12.9. The molecule has 0 unspecified atom stereocenters. The Labute approximate surface area is 273 Å². The van der Waals surface area contributed by atoms with Crippen LogP contribution in [0.4, 0.5) is 22.7 Å². The monoisotopic (exact) mass is 757 g/mol. The number of methoxy groups -OCH3 is 1. The Balaban J connectivity index is 1.16. The number of alkyl halides is 4. The topological polar surface area (TPSA) is 86.9 Å². The predicted octanol–water partition coefficient (Wildman–Crippen LogP) is 8.50. The van der Waals surface area contributed by atoms with E-state index in [-0.39, 0.29) is 45.6 Å². The van der Waals surface area contributed by atoms with Crippen LogP contribution in [0.1, 0.15) is 60.2 Å². The number of nitrogens with zero attached hydrogens (tertiary/aromatic N) is 3. The highest BCUT2D eigenvalue weighted by Gasteiger charge is 2.38. The van der Waals surface area contributed by atoms with Crippen LogP contribution in [-0.2, 0) is 16.1 Å². The summed E-state index contributed by atoms with van der Waals surface area (Å²) in [6.07, 6.45) is -1.77. The maximum absolute atomic E-state index is 14.5. The first kappa shape index (κ1) is 31.7. The predicted molar refractivity (Wildman–Crippen MR) is 167 cm³/mol. The van der Waals surface area contributed by atoms with Crippen molar-refractivity contribution in [2.75, 3.05) is 12.0 Å². The van der Waals surface area contributed by atoms with Crippen LogP contribution in [-0.4, -0.2) is 45.8 Å². The van der Waals surface area contributed by atoms with Crippen molar-refractivity contribution >= 4 is 45.0 Å². The van der Waals surface area contributed by atoms with Gasteiger partial charge in [0.25, 0.3) is 0 Å². The molecule has 238 valence electrons. The Hall–Kier alpha value is -3.24. The molecule has 8 nitrogen and oxygen atoms in total. The Morgan fingerprint density at radius 1 is 1.18 bits per heavy atom. The molecule has 3 atom stereocenters. The van der Waals surface area contributed by atoms with Crippen LogP contribution in [0, 0.1) is 5.82 Å². The van der Waals surface area contributed by atoms with Gasteiger partial charge in [-0.3, -0.25) is 0 Å². The molecule has 2 aromatic heterocycles. The molecule has 0 N–H and O–H groups in total. The maximum atomic E-state index is 14.5. The van der Waals surface area contributed by atoms with Gasteiger partial charge in [0.05, 0.1) is 35.1 Å². The third-order valence-corrected chi connectivity index (χ3v) is 9.78. The standard InChI is InChI=1S/C31H28F4IN3O5S/c1-16-11-19(13-26(36)39(16)30-37-24(15-45-30)18-9-10-20(23(32)12-18)29(40)41-2)42-14-22-27(38-44-28(22)17-7-8-17)21-5-3-4-6-25(21)43-31(33,34)35/h3-6,9-10,12,15-17,19,26H,7-8,11,13-14H2,1-2H3/t16-,19+,26+/m1/s1. The van der Waals surface area contributed by atoms with Crippen LogP contribution in [0.3, 0.4) is 0 Å². The zero-order valence-electron chi connectivity index (χ0n) is 24.1. The number of carbonyl (C=O) groups excluding carboxylic acids is 1. The van der Waals surface area contributed by atoms with Gasteiger partial charge < -0.3 is 23.6 Å². The normalized spacial score (nSPS) is 20.3. The van der Waals surface area contributed by atoms with Gasteiger partial charge in [-0.05, 0) is 50.5 Å². The van der Waals surface area contributed by atoms with Crippen molar-refractivity contribution in [3.05, 3.63) is 70.5 Å². The van der Waals surface area contributed by atoms with E-state index in [9.17, 15) is 22.4 Å². The van der Waals surface area contributed by atoms with Crippen molar-refractivity contribution < 1.29 is 41.1 Å². The molecular formula is C31H28F4IN3O5S. The van der Waals surface area contributed by atoms with Crippen LogP contribution in [0.25, 0.3) is 22.5 Å². The van der Waals surface area contributed by atoms with Crippen molar-refractivity contribution in [3.8, 4) is 28.3 Å². The van der Waals surface area contributed by atoms with E-state index in [0.29, 0.717) is 41.1 Å². The summed E-state index contributed by atoms with van der Waals surface area (Å²) < 4.78 is 74.9. The maximum Gasteiger partial charge on any atom is 0.573 e. The van der Waals surface area contributed by atoms with Crippen LogP contribution in [0.15, 0.2) is 52.4 Å². The highest BCUT2D eigenvalue weighted by atomic mass is 127. The van der Waals surface area contributed by atoms with E-state index in [1.807, 2.05) is 5.38 Å². The summed E-state index contributed by atoms with van der Waals surface area (Å²) >= 11 is 3.81. The first-order valence-electron chi connectivity index (χ1n) is 14.2. The fraction of sp³-hybridized carbons (Fsp3) is 0.387. The molecular weight excluding hydrogens is 729 g/mol. The summed E-state index contributed by atoms with van der Waals surface area (Å²) in [6.45, 7) is 2.22. The van der Waals surface area contributed by atoms with Crippen molar-refractivity contribution in [2.45, 2.75) is 67.7 Å². The van der Waals surface area contributed by atoms with Gasteiger partial charge in [-0.1, -0.05) is 45.9 Å². The van der Waals surface area contributed by atoms with Crippen LogP contribution < -0.4 is 9.64 Å². The number of rotatable bonds is 9. The molecule has 4 aromatic rings. The van der Waals surface area contributed by atoms with Gasteiger partial charge in [0.1, 0.15) is 23.0 Å². The Morgan fingerprint density at radius 3 is 2.64 bits per heavy atom. The number of para-hydroxylation sites is 1.